The van der Waals surface area contributed by atoms with Crippen molar-refractivity contribution in [2.24, 2.45) is 0 Å². The lowest BCUT2D eigenvalue weighted by atomic mass is 10.2. The van der Waals surface area contributed by atoms with Crippen LogP contribution in [0.25, 0.3) is 0 Å². The van der Waals surface area contributed by atoms with Crippen molar-refractivity contribution in [3.05, 3.63) is 29.3 Å². The summed E-state index contributed by atoms with van der Waals surface area (Å²) in [7, 11) is 0. The van der Waals surface area contributed by atoms with Crippen molar-refractivity contribution in [2.75, 3.05) is 18.0 Å². The second kappa shape index (κ2) is 4.28. The van der Waals surface area contributed by atoms with Crippen LogP contribution in [0.3, 0.4) is 0 Å². The SMILES string of the molecule is O=C1CN(c2c(F)c(F)cc(F)c2F)C(=O)CN1. The van der Waals surface area contributed by atoms with E-state index in [4.69, 9.17) is 0 Å². The van der Waals surface area contributed by atoms with E-state index in [0.29, 0.717) is 4.90 Å². The number of rotatable bonds is 1. The van der Waals surface area contributed by atoms with Crippen molar-refractivity contribution in [1.29, 1.82) is 0 Å². The third-order valence-electron chi connectivity index (χ3n) is 2.40. The molecule has 0 spiro atoms. The Hall–Kier alpha value is -2.12. The summed E-state index contributed by atoms with van der Waals surface area (Å²) in [4.78, 5) is 22.8. The number of hydrogen-bond donors (Lipinski definition) is 1. The van der Waals surface area contributed by atoms with E-state index < -0.39 is 53.9 Å². The number of nitrogens with zero attached hydrogens (tertiary/aromatic N) is 1. The summed E-state index contributed by atoms with van der Waals surface area (Å²) in [6, 6.07) is 0.0304. The largest absolute Gasteiger partial charge is 0.345 e. The first kappa shape index (κ1) is 12.3. The number of anilines is 1. The highest BCUT2D eigenvalue weighted by Crippen LogP contribution is 2.28. The maximum absolute atomic E-state index is 13.4. The smallest absolute Gasteiger partial charge is 0.247 e. The van der Waals surface area contributed by atoms with Crippen LogP contribution < -0.4 is 10.2 Å². The van der Waals surface area contributed by atoms with Gasteiger partial charge in [0.1, 0.15) is 12.2 Å². The molecular weight excluding hydrogens is 256 g/mol. The molecule has 2 rings (SSSR count). The van der Waals surface area contributed by atoms with Crippen molar-refractivity contribution in [3.8, 4) is 0 Å². The summed E-state index contributed by atoms with van der Waals surface area (Å²) in [5, 5.41) is 2.14. The van der Waals surface area contributed by atoms with Gasteiger partial charge >= 0.3 is 0 Å². The van der Waals surface area contributed by atoms with Gasteiger partial charge in [-0.1, -0.05) is 0 Å². The number of halogens is 4. The first-order chi connectivity index (χ1) is 8.41. The zero-order valence-electron chi connectivity index (χ0n) is 8.77. The standard InChI is InChI=1S/C10H6F4N2O2/c11-4-1-5(12)9(14)10(8(4)13)16-3-6(17)15-2-7(16)18/h1H,2-3H2,(H,15,17). The normalized spacial score (nSPS) is 15.9. The van der Waals surface area contributed by atoms with E-state index in [1.807, 2.05) is 0 Å². The topological polar surface area (TPSA) is 49.4 Å². The number of amides is 2. The third-order valence-corrected chi connectivity index (χ3v) is 2.40. The predicted molar refractivity (Wildman–Crippen MR) is 51.6 cm³/mol. The number of hydrogen-bond acceptors (Lipinski definition) is 2. The van der Waals surface area contributed by atoms with Crippen LogP contribution in [-0.4, -0.2) is 24.9 Å². The molecule has 1 aromatic rings. The first-order valence-electron chi connectivity index (χ1n) is 4.82. The van der Waals surface area contributed by atoms with E-state index in [0.717, 1.165) is 0 Å². The van der Waals surface area contributed by atoms with Gasteiger partial charge in [-0.3, -0.25) is 14.5 Å². The predicted octanol–water partition coefficient (Wildman–Crippen LogP) is 0.706. The fraction of sp³-hybridized carbons (Fsp3) is 0.200. The Morgan fingerprint density at radius 2 is 1.61 bits per heavy atom. The van der Waals surface area contributed by atoms with Crippen LogP contribution in [0.1, 0.15) is 0 Å². The summed E-state index contributed by atoms with van der Waals surface area (Å²) < 4.78 is 52.8. The van der Waals surface area contributed by atoms with E-state index in [-0.39, 0.29) is 6.07 Å². The molecule has 1 aliphatic heterocycles. The molecule has 2 amide bonds. The number of nitrogens with one attached hydrogen (secondary N) is 1. The lowest BCUT2D eigenvalue weighted by molar-refractivity contribution is -0.128. The molecule has 96 valence electrons. The molecule has 1 aliphatic rings. The second-order valence-electron chi connectivity index (χ2n) is 3.57. The first-order valence-corrected chi connectivity index (χ1v) is 4.82. The molecule has 0 unspecified atom stereocenters. The van der Waals surface area contributed by atoms with Gasteiger partial charge in [0, 0.05) is 6.07 Å². The van der Waals surface area contributed by atoms with Crippen molar-refractivity contribution in [2.45, 2.75) is 0 Å². The maximum Gasteiger partial charge on any atom is 0.247 e. The minimum Gasteiger partial charge on any atom is -0.345 e. The Morgan fingerprint density at radius 3 is 2.17 bits per heavy atom. The Labute approximate surface area is 98.2 Å². The molecule has 4 nitrogen and oxygen atoms in total. The highest BCUT2D eigenvalue weighted by Gasteiger charge is 2.32. The molecule has 18 heavy (non-hydrogen) atoms. The molecular formula is C10H6F4N2O2. The molecule has 8 heteroatoms. The van der Waals surface area contributed by atoms with Crippen LogP contribution >= 0.6 is 0 Å². The molecule has 1 aromatic carbocycles. The van der Waals surface area contributed by atoms with Gasteiger partial charge in [-0.25, -0.2) is 17.6 Å². The minimum absolute atomic E-state index is 0.0304. The van der Waals surface area contributed by atoms with Crippen LogP contribution in [0.2, 0.25) is 0 Å². The molecule has 1 heterocycles. The van der Waals surface area contributed by atoms with Gasteiger partial charge in [0.25, 0.3) is 0 Å². The lowest BCUT2D eigenvalue weighted by Gasteiger charge is -2.27. The molecule has 0 saturated carbocycles. The van der Waals surface area contributed by atoms with Crippen LogP contribution in [0.4, 0.5) is 23.2 Å². The monoisotopic (exact) mass is 262 g/mol. The van der Waals surface area contributed by atoms with Crippen molar-refractivity contribution < 1.29 is 27.2 Å². The highest BCUT2D eigenvalue weighted by molar-refractivity contribution is 6.04. The number of carbonyl (C=O) groups is 2. The quantitative estimate of drug-likeness (QED) is 0.598. The molecule has 0 radical (unpaired) electrons. The summed E-state index contributed by atoms with van der Waals surface area (Å²) in [6.45, 7) is -1.19. The van der Waals surface area contributed by atoms with E-state index in [2.05, 4.69) is 5.32 Å². The molecule has 0 bridgehead atoms. The fourth-order valence-corrected chi connectivity index (χ4v) is 1.56. The van der Waals surface area contributed by atoms with Gasteiger partial charge in [-0.05, 0) is 0 Å². The van der Waals surface area contributed by atoms with E-state index in [1.54, 1.807) is 0 Å². The van der Waals surface area contributed by atoms with Gasteiger partial charge < -0.3 is 5.32 Å². The van der Waals surface area contributed by atoms with Gasteiger partial charge in [0.15, 0.2) is 23.3 Å². The van der Waals surface area contributed by atoms with Crippen molar-refractivity contribution >= 4 is 17.5 Å². The maximum atomic E-state index is 13.4. The van der Waals surface area contributed by atoms with Crippen LogP contribution in [-0.2, 0) is 9.59 Å². The van der Waals surface area contributed by atoms with Gasteiger partial charge in [0.2, 0.25) is 11.8 Å². The van der Waals surface area contributed by atoms with Gasteiger partial charge in [0.05, 0.1) is 6.54 Å². The molecule has 0 aliphatic carbocycles. The van der Waals surface area contributed by atoms with Crippen molar-refractivity contribution in [1.82, 2.24) is 5.32 Å². The number of carbonyl (C=O) groups excluding carboxylic acids is 2. The fourth-order valence-electron chi connectivity index (χ4n) is 1.56. The molecule has 0 aromatic heterocycles. The van der Waals surface area contributed by atoms with E-state index in [1.165, 1.54) is 0 Å². The average molecular weight is 262 g/mol. The Bertz CT molecular complexity index is 521. The molecule has 1 N–H and O–H groups in total. The molecule has 1 saturated heterocycles. The van der Waals surface area contributed by atoms with Gasteiger partial charge in [-0.2, -0.15) is 0 Å². The summed E-state index contributed by atoms with van der Waals surface area (Å²) in [5.41, 5.74) is -1.19. The zero-order valence-corrected chi connectivity index (χ0v) is 8.77. The summed E-state index contributed by atoms with van der Waals surface area (Å²) in [6.07, 6.45) is 0. The van der Waals surface area contributed by atoms with E-state index >= 15 is 0 Å². The number of piperazine rings is 1. The zero-order chi connectivity index (χ0) is 13.4. The van der Waals surface area contributed by atoms with Gasteiger partial charge in [-0.15, -0.1) is 0 Å². The van der Waals surface area contributed by atoms with Crippen molar-refractivity contribution in [3.63, 3.8) is 0 Å². The second-order valence-corrected chi connectivity index (χ2v) is 3.57. The Kier molecular flexibility index (Phi) is 2.93. The van der Waals surface area contributed by atoms with Crippen LogP contribution in [0.15, 0.2) is 6.07 Å². The molecule has 1 fully saturated rings. The third kappa shape index (κ3) is 1.89. The van der Waals surface area contributed by atoms with Crippen LogP contribution in [0, 0.1) is 23.3 Å². The van der Waals surface area contributed by atoms with Crippen LogP contribution in [0.5, 0.6) is 0 Å². The summed E-state index contributed by atoms with van der Waals surface area (Å²) in [5.74, 6) is -8.24. The minimum atomic E-state index is -1.71. The Balaban J connectivity index is 2.56. The summed E-state index contributed by atoms with van der Waals surface area (Å²) >= 11 is 0. The molecule has 0 atom stereocenters. The lowest BCUT2D eigenvalue weighted by Crippen LogP contribution is -2.52. The average Bonchev–Trinajstić information content (AvgIpc) is 2.31. The number of benzene rings is 1. The Morgan fingerprint density at radius 1 is 1.06 bits per heavy atom. The van der Waals surface area contributed by atoms with E-state index in [9.17, 15) is 27.2 Å². The highest BCUT2D eigenvalue weighted by atomic mass is 19.2.